The summed E-state index contributed by atoms with van der Waals surface area (Å²) in [6.45, 7) is 6.07. The molecule has 5 rings (SSSR count). The van der Waals surface area contributed by atoms with E-state index < -0.39 is 17.3 Å². The van der Waals surface area contributed by atoms with Crippen LogP contribution in [0.2, 0.25) is 5.02 Å². The van der Waals surface area contributed by atoms with Gasteiger partial charge in [0.25, 0.3) is 0 Å². The summed E-state index contributed by atoms with van der Waals surface area (Å²) in [7, 11) is 1.48. The van der Waals surface area contributed by atoms with Gasteiger partial charge >= 0.3 is 5.69 Å². The first-order valence-corrected chi connectivity index (χ1v) is 15.9. The van der Waals surface area contributed by atoms with E-state index in [4.69, 9.17) is 27.5 Å². The van der Waals surface area contributed by atoms with E-state index in [1.54, 1.807) is 43.5 Å². The van der Waals surface area contributed by atoms with Crippen LogP contribution in [0.25, 0.3) is 28.0 Å². The Morgan fingerprint density at radius 2 is 2.11 bits per heavy atom. The minimum atomic E-state index is -0.634. The first-order valence-electron chi connectivity index (χ1n) is 15.5. The summed E-state index contributed by atoms with van der Waals surface area (Å²) in [5.74, 6) is -0.343. The van der Waals surface area contributed by atoms with Gasteiger partial charge in [0.15, 0.2) is 5.82 Å². The molecule has 3 heterocycles. The molecule has 0 saturated carbocycles. The highest BCUT2D eigenvalue weighted by Crippen LogP contribution is 2.36. The fourth-order valence-electron chi connectivity index (χ4n) is 6.10. The predicted octanol–water partition coefficient (Wildman–Crippen LogP) is 6.32. The highest BCUT2D eigenvalue weighted by Gasteiger charge is 2.28. The summed E-state index contributed by atoms with van der Waals surface area (Å²) < 4.78 is 37.9. The van der Waals surface area contributed by atoms with Gasteiger partial charge in [0.1, 0.15) is 17.2 Å². The van der Waals surface area contributed by atoms with Crippen molar-refractivity contribution in [2.75, 3.05) is 13.7 Å². The first kappa shape index (κ1) is 33.3. The van der Waals surface area contributed by atoms with Crippen LogP contribution in [0, 0.1) is 17.0 Å². The fraction of sp³-hybridized carbons (Fsp3) is 0.382. The Morgan fingerprint density at radius 3 is 2.85 bits per heavy atom. The number of piperidine rings is 1. The zero-order chi connectivity index (χ0) is 33.0. The molecule has 1 saturated heterocycles. The number of aromatic nitrogens is 3. The SMILES string of the molecule is C=C[C@H](N)CCCc1cc(Cl)c(F)c(-c2cc3cn(-c4cc(F)c([C@@H]5CCC[C@@H](CCNC(C)=N)N5)c(OC)c4)c(=O)nc3[nH]2)c1. The Balaban J connectivity index is 1.43. The number of hydrogen-bond acceptors (Lipinski definition) is 6. The van der Waals surface area contributed by atoms with Crippen LogP contribution in [0.1, 0.15) is 62.6 Å². The van der Waals surface area contributed by atoms with Gasteiger partial charge in [-0.05, 0) is 75.3 Å². The van der Waals surface area contributed by atoms with Gasteiger partial charge in [-0.2, -0.15) is 4.98 Å². The average molecular weight is 652 g/mol. The van der Waals surface area contributed by atoms with Crippen molar-refractivity contribution in [2.24, 2.45) is 5.73 Å². The number of fused-ring (bicyclic) bond motifs is 1. The van der Waals surface area contributed by atoms with Gasteiger partial charge in [-0.1, -0.05) is 24.1 Å². The number of nitrogens with zero attached hydrogens (tertiary/aromatic N) is 2. The topological polar surface area (TPSA) is 134 Å². The Kier molecular flexibility index (Phi) is 10.6. The minimum absolute atomic E-state index is 0.00808. The van der Waals surface area contributed by atoms with E-state index in [0.717, 1.165) is 44.1 Å². The highest BCUT2D eigenvalue weighted by atomic mass is 35.5. The second-order valence-electron chi connectivity index (χ2n) is 11.8. The van der Waals surface area contributed by atoms with Crippen molar-refractivity contribution in [2.45, 2.75) is 70.0 Å². The van der Waals surface area contributed by atoms with E-state index in [9.17, 15) is 4.79 Å². The number of halogens is 3. The van der Waals surface area contributed by atoms with Gasteiger partial charge in [0.2, 0.25) is 0 Å². The normalized spacial score (nSPS) is 17.2. The third-order valence-corrected chi connectivity index (χ3v) is 8.76. The second kappa shape index (κ2) is 14.6. The second-order valence-corrected chi connectivity index (χ2v) is 12.2. The number of hydrogen-bond donors (Lipinski definition) is 5. The molecule has 0 aliphatic carbocycles. The van der Waals surface area contributed by atoms with Crippen LogP contribution in [-0.4, -0.2) is 46.1 Å². The molecule has 1 aliphatic rings. The molecule has 1 fully saturated rings. The van der Waals surface area contributed by atoms with Crippen molar-refractivity contribution in [3.05, 3.63) is 87.5 Å². The number of methoxy groups -OCH3 is 1. The lowest BCUT2D eigenvalue weighted by Gasteiger charge is -2.32. The number of ether oxygens (including phenoxy) is 1. The number of rotatable bonds is 12. The van der Waals surface area contributed by atoms with Crippen molar-refractivity contribution in [3.8, 4) is 22.7 Å². The highest BCUT2D eigenvalue weighted by molar-refractivity contribution is 6.31. The molecule has 0 spiro atoms. The Morgan fingerprint density at radius 1 is 1.30 bits per heavy atom. The quantitative estimate of drug-likeness (QED) is 0.0692. The molecule has 0 unspecified atom stereocenters. The smallest absolute Gasteiger partial charge is 0.354 e. The van der Waals surface area contributed by atoms with E-state index in [-0.39, 0.29) is 40.0 Å². The summed E-state index contributed by atoms with van der Waals surface area (Å²) in [5.41, 5.74) is 7.75. The maximum atomic E-state index is 15.8. The Hall–Kier alpha value is -4.06. The standard InChI is InChI=1S/C34H40ClF2N7O2/c1-4-22(39)8-5-7-20-13-25(32(37)26(35)14-20)29-15-21-18-44(34(45)43-33(21)42-29)24-16-27(36)31(30(17-24)46-3)28-10-6-9-23(41-28)11-12-40-19(2)38/h4,13-18,22-23,28,41H,1,5-12,39H2,2-3H3,(H2,38,40)(H,42,43,45)/t22-,23-,28-/m0/s1. The number of nitrogens with one attached hydrogen (secondary N) is 4. The molecule has 4 aromatic rings. The lowest BCUT2D eigenvalue weighted by molar-refractivity contribution is 0.297. The van der Waals surface area contributed by atoms with Gasteiger partial charge in [-0.25, -0.2) is 13.6 Å². The summed E-state index contributed by atoms with van der Waals surface area (Å²) in [5, 5.41) is 14.7. The van der Waals surface area contributed by atoms with Crippen LogP contribution in [0.3, 0.4) is 0 Å². The summed E-state index contributed by atoms with van der Waals surface area (Å²) in [6, 6.07) is 7.76. The average Bonchev–Trinajstić information content (AvgIpc) is 3.44. The Labute approximate surface area is 271 Å². The van der Waals surface area contributed by atoms with Gasteiger partial charge in [0.05, 0.1) is 29.3 Å². The van der Waals surface area contributed by atoms with Crippen molar-refractivity contribution in [3.63, 3.8) is 0 Å². The van der Waals surface area contributed by atoms with Gasteiger partial charge in [-0.3, -0.25) is 9.98 Å². The molecule has 0 amide bonds. The van der Waals surface area contributed by atoms with Crippen molar-refractivity contribution in [1.82, 2.24) is 25.2 Å². The maximum Gasteiger partial charge on any atom is 0.354 e. The minimum Gasteiger partial charge on any atom is -0.496 e. The van der Waals surface area contributed by atoms with Crippen LogP contribution < -0.4 is 26.8 Å². The molecule has 9 nitrogen and oxygen atoms in total. The van der Waals surface area contributed by atoms with Crippen LogP contribution >= 0.6 is 11.6 Å². The van der Waals surface area contributed by atoms with Crippen LogP contribution in [0.4, 0.5) is 8.78 Å². The number of benzene rings is 2. The molecule has 0 bridgehead atoms. The molecule has 2 aromatic heterocycles. The van der Waals surface area contributed by atoms with E-state index >= 15 is 8.78 Å². The zero-order valence-electron chi connectivity index (χ0n) is 26.1. The monoisotopic (exact) mass is 651 g/mol. The first-order chi connectivity index (χ1) is 22.1. The lowest BCUT2D eigenvalue weighted by atomic mass is 9.91. The third-order valence-electron chi connectivity index (χ3n) is 8.48. The Bertz CT molecular complexity index is 1800. The predicted molar refractivity (Wildman–Crippen MR) is 179 cm³/mol. The number of amidine groups is 1. The van der Waals surface area contributed by atoms with Crippen molar-refractivity contribution >= 4 is 28.5 Å². The summed E-state index contributed by atoms with van der Waals surface area (Å²) >= 11 is 6.26. The van der Waals surface area contributed by atoms with Gasteiger partial charge in [0, 0.05) is 53.4 Å². The molecule has 2 aromatic carbocycles. The van der Waals surface area contributed by atoms with E-state index in [2.05, 4.69) is 27.2 Å². The van der Waals surface area contributed by atoms with Crippen LogP contribution in [-0.2, 0) is 6.42 Å². The molecule has 12 heteroatoms. The number of aromatic amines is 1. The molecule has 244 valence electrons. The number of H-pyrrole nitrogens is 1. The molecular weight excluding hydrogens is 612 g/mol. The van der Waals surface area contributed by atoms with Crippen LogP contribution in [0.15, 0.2) is 54.0 Å². The van der Waals surface area contributed by atoms with Gasteiger partial charge < -0.3 is 26.1 Å². The largest absolute Gasteiger partial charge is 0.496 e. The molecule has 1 aliphatic heterocycles. The molecule has 6 N–H and O–H groups in total. The third kappa shape index (κ3) is 7.49. The molecule has 3 atom stereocenters. The van der Waals surface area contributed by atoms with E-state index in [0.29, 0.717) is 41.2 Å². The van der Waals surface area contributed by atoms with Gasteiger partial charge in [-0.15, -0.1) is 6.58 Å². The lowest BCUT2D eigenvalue weighted by Crippen LogP contribution is -2.39. The zero-order valence-corrected chi connectivity index (χ0v) is 26.8. The number of nitrogens with two attached hydrogens (primary N) is 1. The van der Waals surface area contributed by atoms with Crippen molar-refractivity contribution in [1.29, 1.82) is 5.41 Å². The molecular formula is C34H40ClF2N7O2. The summed E-state index contributed by atoms with van der Waals surface area (Å²) in [4.78, 5) is 20.4. The number of aryl methyl sites for hydroxylation is 1. The maximum absolute atomic E-state index is 15.8. The fourth-order valence-corrected chi connectivity index (χ4v) is 6.35. The van der Waals surface area contributed by atoms with Crippen LogP contribution in [0.5, 0.6) is 5.75 Å². The summed E-state index contributed by atoms with van der Waals surface area (Å²) in [6.07, 6.45) is 8.84. The van der Waals surface area contributed by atoms with E-state index in [1.165, 1.54) is 17.7 Å². The van der Waals surface area contributed by atoms with E-state index in [1.807, 2.05) is 0 Å². The van der Waals surface area contributed by atoms with Crippen molar-refractivity contribution < 1.29 is 13.5 Å². The molecule has 0 radical (unpaired) electrons. The molecule has 46 heavy (non-hydrogen) atoms.